The number of carbonyl (C=O) groups excluding carboxylic acids is 2. The van der Waals surface area contributed by atoms with Crippen molar-refractivity contribution in [2.45, 2.75) is 19.8 Å². The van der Waals surface area contributed by atoms with Gasteiger partial charge in [0.2, 0.25) is 5.01 Å². The summed E-state index contributed by atoms with van der Waals surface area (Å²) in [6.07, 6.45) is 3.54. The highest BCUT2D eigenvalue weighted by Gasteiger charge is 2.23. The molecule has 1 aromatic carbocycles. The van der Waals surface area contributed by atoms with Gasteiger partial charge in [0.25, 0.3) is 11.8 Å². The van der Waals surface area contributed by atoms with Gasteiger partial charge in [0, 0.05) is 50.0 Å². The number of nitrogens with one attached hydrogen (secondary N) is 1. The summed E-state index contributed by atoms with van der Waals surface area (Å²) in [6.45, 7) is 4.77. The first kappa shape index (κ1) is 20.9. The van der Waals surface area contributed by atoms with E-state index >= 15 is 0 Å². The number of hydrogen-bond donors (Lipinski definition) is 1. The Hall–Kier alpha value is -3.33. The van der Waals surface area contributed by atoms with Gasteiger partial charge in [-0.25, -0.2) is 4.98 Å². The molecule has 0 unspecified atom stereocenters. The van der Waals surface area contributed by atoms with E-state index in [2.05, 4.69) is 32.3 Å². The Balaban J connectivity index is 1.37. The van der Waals surface area contributed by atoms with Crippen molar-refractivity contribution >= 4 is 34.7 Å². The molecule has 8 nitrogen and oxygen atoms in total. The van der Waals surface area contributed by atoms with Crippen LogP contribution >= 0.6 is 11.3 Å². The lowest BCUT2D eigenvalue weighted by Gasteiger charge is -2.35. The van der Waals surface area contributed by atoms with E-state index in [1.54, 1.807) is 30.5 Å². The van der Waals surface area contributed by atoms with Crippen LogP contribution in [-0.4, -0.2) is 58.1 Å². The third-order valence-corrected chi connectivity index (χ3v) is 6.01. The number of benzene rings is 1. The highest BCUT2D eigenvalue weighted by atomic mass is 32.1. The fraction of sp³-hybridized carbons (Fsp3) is 0.318. The van der Waals surface area contributed by atoms with Gasteiger partial charge in [-0.1, -0.05) is 30.4 Å². The lowest BCUT2D eigenvalue weighted by atomic mass is 10.1. The Morgan fingerprint density at radius 2 is 1.90 bits per heavy atom. The third kappa shape index (κ3) is 5.05. The van der Waals surface area contributed by atoms with Gasteiger partial charge in [-0.2, -0.15) is 0 Å². The van der Waals surface area contributed by atoms with E-state index in [1.165, 1.54) is 11.3 Å². The summed E-state index contributed by atoms with van der Waals surface area (Å²) in [4.78, 5) is 33.9. The van der Waals surface area contributed by atoms with Crippen LogP contribution in [0.25, 0.3) is 0 Å². The molecule has 4 rings (SSSR count). The lowest BCUT2D eigenvalue weighted by Crippen LogP contribution is -2.49. The highest BCUT2D eigenvalue weighted by molar-refractivity contribution is 7.13. The van der Waals surface area contributed by atoms with E-state index < -0.39 is 0 Å². The van der Waals surface area contributed by atoms with Crippen LogP contribution in [0.1, 0.15) is 38.5 Å². The van der Waals surface area contributed by atoms with Crippen molar-refractivity contribution < 1.29 is 9.59 Å². The lowest BCUT2D eigenvalue weighted by molar-refractivity contribution is 0.0746. The fourth-order valence-corrected chi connectivity index (χ4v) is 4.27. The number of rotatable bonds is 6. The molecule has 3 heterocycles. The molecule has 2 amide bonds. The molecule has 0 atom stereocenters. The van der Waals surface area contributed by atoms with Crippen molar-refractivity contribution in [2.24, 2.45) is 0 Å². The molecule has 0 saturated carbocycles. The summed E-state index contributed by atoms with van der Waals surface area (Å²) in [6, 6.07) is 12.9. The number of carbonyl (C=O) groups is 2. The maximum atomic E-state index is 13.0. The van der Waals surface area contributed by atoms with E-state index in [0.717, 1.165) is 36.8 Å². The van der Waals surface area contributed by atoms with E-state index in [-0.39, 0.29) is 11.8 Å². The van der Waals surface area contributed by atoms with Crippen LogP contribution < -0.4 is 10.2 Å². The number of nitrogens with zero attached hydrogens (tertiary/aromatic N) is 5. The number of amides is 2. The van der Waals surface area contributed by atoms with Gasteiger partial charge in [-0.05, 0) is 36.8 Å². The molecule has 1 N–H and O–H groups in total. The van der Waals surface area contributed by atoms with E-state index in [0.29, 0.717) is 29.3 Å². The Morgan fingerprint density at radius 3 is 2.65 bits per heavy atom. The fourth-order valence-electron chi connectivity index (χ4n) is 3.44. The van der Waals surface area contributed by atoms with E-state index in [4.69, 9.17) is 0 Å². The third-order valence-electron chi connectivity index (χ3n) is 5.03. The molecule has 9 heteroatoms. The summed E-state index contributed by atoms with van der Waals surface area (Å²) in [5, 5.41) is 12.0. The Labute approximate surface area is 184 Å². The number of anilines is 2. The van der Waals surface area contributed by atoms with Crippen molar-refractivity contribution in [3.8, 4) is 0 Å². The molecular formula is C22H24N6O2S. The molecule has 2 aromatic heterocycles. The van der Waals surface area contributed by atoms with Gasteiger partial charge in [0.1, 0.15) is 10.8 Å². The van der Waals surface area contributed by atoms with Crippen molar-refractivity contribution in [1.82, 2.24) is 20.1 Å². The molecule has 0 bridgehead atoms. The smallest absolute Gasteiger partial charge is 0.286 e. The highest BCUT2D eigenvalue weighted by Crippen LogP contribution is 2.18. The van der Waals surface area contributed by atoms with Crippen molar-refractivity contribution in [2.75, 3.05) is 36.4 Å². The quantitative estimate of drug-likeness (QED) is 0.639. The number of piperazine rings is 1. The number of aryl methyl sites for hydroxylation is 1. The maximum Gasteiger partial charge on any atom is 0.286 e. The Morgan fingerprint density at radius 1 is 1.06 bits per heavy atom. The first-order valence-electron chi connectivity index (χ1n) is 10.3. The van der Waals surface area contributed by atoms with Gasteiger partial charge in [0.15, 0.2) is 0 Å². The normalized spacial score (nSPS) is 13.8. The number of hydrogen-bond acceptors (Lipinski definition) is 7. The monoisotopic (exact) mass is 436 g/mol. The minimum absolute atomic E-state index is 0.0436. The van der Waals surface area contributed by atoms with E-state index in [9.17, 15) is 9.59 Å². The zero-order valence-corrected chi connectivity index (χ0v) is 18.1. The summed E-state index contributed by atoms with van der Waals surface area (Å²) in [5.74, 6) is 0.574. The Bertz CT molecular complexity index is 1050. The van der Waals surface area contributed by atoms with Gasteiger partial charge in [-0.3, -0.25) is 9.59 Å². The van der Waals surface area contributed by atoms with Crippen LogP contribution in [-0.2, 0) is 6.42 Å². The molecule has 0 radical (unpaired) electrons. The van der Waals surface area contributed by atoms with Crippen LogP contribution in [0.15, 0.2) is 48.7 Å². The SMILES string of the molecule is CCCc1nnc(C(=O)Nc2cccc(C(=O)N3CCN(c4ccccn4)CC3)c2)s1. The average molecular weight is 437 g/mol. The number of pyridine rings is 1. The second kappa shape index (κ2) is 9.65. The van der Waals surface area contributed by atoms with Gasteiger partial charge in [-0.15, -0.1) is 10.2 Å². The maximum absolute atomic E-state index is 13.0. The molecule has 1 saturated heterocycles. The molecule has 1 fully saturated rings. The minimum atomic E-state index is -0.312. The first-order chi connectivity index (χ1) is 15.1. The summed E-state index contributed by atoms with van der Waals surface area (Å²) >= 11 is 1.30. The van der Waals surface area contributed by atoms with Crippen molar-refractivity contribution in [1.29, 1.82) is 0 Å². The second-order valence-corrected chi connectivity index (χ2v) is 8.32. The molecule has 1 aliphatic rings. The van der Waals surface area contributed by atoms with Gasteiger partial charge >= 0.3 is 0 Å². The van der Waals surface area contributed by atoms with Gasteiger partial charge < -0.3 is 15.1 Å². The molecule has 0 spiro atoms. The van der Waals surface area contributed by atoms with Gasteiger partial charge in [0.05, 0.1) is 0 Å². The zero-order chi connectivity index (χ0) is 21.6. The van der Waals surface area contributed by atoms with E-state index in [1.807, 2.05) is 23.1 Å². The molecule has 3 aromatic rings. The van der Waals surface area contributed by atoms with Crippen molar-refractivity contribution in [3.05, 3.63) is 64.2 Å². The average Bonchev–Trinajstić information content (AvgIpc) is 3.29. The molecular weight excluding hydrogens is 412 g/mol. The van der Waals surface area contributed by atoms with Crippen LogP contribution in [0.3, 0.4) is 0 Å². The first-order valence-corrected chi connectivity index (χ1v) is 11.1. The standard InChI is InChI=1S/C22H24N6O2S/c1-2-6-19-25-26-21(31-19)20(29)24-17-8-5-7-16(15-17)22(30)28-13-11-27(12-14-28)18-9-3-4-10-23-18/h3-5,7-10,15H,2,6,11-14H2,1H3,(H,24,29). The minimum Gasteiger partial charge on any atom is -0.353 e. The molecule has 160 valence electrons. The predicted molar refractivity (Wildman–Crippen MR) is 121 cm³/mol. The molecule has 31 heavy (non-hydrogen) atoms. The second-order valence-electron chi connectivity index (χ2n) is 7.25. The zero-order valence-electron chi connectivity index (χ0n) is 17.3. The molecule has 0 aliphatic carbocycles. The summed E-state index contributed by atoms with van der Waals surface area (Å²) in [5.41, 5.74) is 1.11. The van der Waals surface area contributed by atoms with Crippen molar-refractivity contribution in [3.63, 3.8) is 0 Å². The summed E-state index contributed by atoms with van der Waals surface area (Å²) in [7, 11) is 0. The number of aromatic nitrogens is 3. The summed E-state index contributed by atoms with van der Waals surface area (Å²) < 4.78 is 0. The topological polar surface area (TPSA) is 91.3 Å². The van der Waals surface area contributed by atoms with Crippen LogP contribution in [0.4, 0.5) is 11.5 Å². The largest absolute Gasteiger partial charge is 0.353 e. The predicted octanol–water partition coefficient (Wildman–Crippen LogP) is 3.10. The van der Waals surface area contributed by atoms with Crippen LogP contribution in [0.2, 0.25) is 0 Å². The molecule has 1 aliphatic heterocycles. The van der Waals surface area contributed by atoms with Crippen LogP contribution in [0, 0.1) is 0 Å². The Kier molecular flexibility index (Phi) is 6.51. The van der Waals surface area contributed by atoms with Crippen LogP contribution in [0.5, 0.6) is 0 Å².